The summed E-state index contributed by atoms with van der Waals surface area (Å²) in [5, 5.41) is 2.90. The molecule has 0 fully saturated rings. The van der Waals surface area contributed by atoms with Gasteiger partial charge in [0, 0.05) is 23.4 Å². The predicted molar refractivity (Wildman–Crippen MR) is 123 cm³/mol. The van der Waals surface area contributed by atoms with Crippen molar-refractivity contribution in [3.63, 3.8) is 0 Å². The Morgan fingerprint density at radius 2 is 1.77 bits per heavy atom. The van der Waals surface area contributed by atoms with Crippen LogP contribution in [0.4, 0.5) is 4.39 Å². The number of hydrogen-bond donors (Lipinski definition) is 1. The van der Waals surface area contributed by atoms with Crippen LogP contribution in [0.2, 0.25) is 0 Å². The van der Waals surface area contributed by atoms with E-state index in [4.69, 9.17) is 4.74 Å². The van der Waals surface area contributed by atoms with Gasteiger partial charge in [-0.15, -0.1) is 11.8 Å². The van der Waals surface area contributed by atoms with Gasteiger partial charge >= 0.3 is 0 Å². The van der Waals surface area contributed by atoms with Crippen LogP contribution >= 0.6 is 11.8 Å². The Labute approximate surface area is 188 Å². The molecular formula is C24H31FN2O3S. The summed E-state index contributed by atoms with van der Waals surface area (Å²) in [7, 11) is 1.61. The Kier molecular flexibility index (Phi) is 8.92. The van der Waals surface area contributed by atoms with E-state index in [2.05, 4.69) is 5.32 Å². The molecule has 0 aromatic heterocycles. The standard InChI is InChI=1S/C24H31FN2O3S/c1-17(23(29)26-24(2,3)4)27(14-19-8-6-7-9-21(19)25)22(28)16-31-15-18-10-12-20(30-5)13-11-18/h6-13,17H,14-16H2,1-5H3,(H,26,29)/t17-/m1/s1. The quantitative estimate of drug-likeness (QED) is 0.620. The fourth-order valence-corrected chi connectivity index (χ4v) is 3.80. The maximum atomic E-state index is 14.2. The smallest absolute Gasteiger partial charge is 0.242 e. The predicted octanol–water partition coefficient (Wildman–Crippen LogP) is 4.40. The summed E-state index contributed by atoms with van der Waals surface area (Å²) in [6.45, 7) is 7.35. The highest BCUT2D eigenvalue weighted by Crippen LogP contribution is 2.19. The first-order valence-corrected chi connectivity index (χ1v) is 11.3. The van der Waals surface area contributed by atoms with E-state index in [1.807, 2.05) is 45.0 Å². The summed E-state index contributed by atoms with van der Waals surface area (Å²) in [5.74, 6) is 0.740. The summed E-state index contributed by atoms with van der Waals surface area (Å²) >= 11 is 1.46. The highest BCUT2D eigenvalue weighted by Gasteiger charge is 2.28. The number of methoxy groups -OCH3 is 1. The van der Waals surface area contributed by atoms with Gasteiger partial charge in [0.2, 0.25) is 11.8 Å². The second kappa shape index (κ2) is 11.2. The maximum absolute atomic E-state index is 14.2. The van der Waals surface area contributed by atoms with E-state index in [0.29, 0.717) is 11.3 Å². The minimum absolute atomic E-state index is 0.0351. The average molecular weight is 447 g/mol. The molecule has 1 atom stereocenters. The van der Waals surface area contributed by atoms with E-state index in [9.17, 15) is 14.0 Å². The molecule has 2 amide bonds. The fraction of sp³-hybridized carbons (Fsp3) is 0.417. The number of hydrogen-bond acceptors (Lipinski definition) is 4. The lowest BCUT2D eigenvalue weighted by Gasteiger charge is -2.31. The third kappa shape index (κ3) is 7.90. The molecule has 0 aliphatic rings. The summed E-state index contributed by atoms with van der Waals surface area (Å²) in [6, 6.07) is 13.2. The maximum Gasteiger partial charge on any atom is 0.242 e. The van der Waals surface area contributed by atoms with E-state index >= 15 is 0 Å². The van der Waals surface area contributed by atoms with Crippen molar-refractivity contribution >= 4 is 23.6 Å². The molecule has 0 unspecified atom stereocenters. The minimum Gasteiger partial charge on any atom is -0.497 e. The molecule has 0 bridgehead atoms. The van der Waals surface area contributed by atoms with Gasteiger partial charge in [-0.3, -0.25) is 9.59 Å². The molecule has 0 aliphatic carbocycles. The largest absolute Gasteiger partial charge is 0.497 e. The molecule has 2 aromatic carbocycles. The van der Waals surface area contributed by atoms with Crippen molar-refractivity contribution in [1.29, 1.82) is 0 Å². The highest BCUT2D eigenvalue weighted by molar-refractivity contribution is 7.99. The van der Waals surface area contributed by atoms with Crippen LogP contribution in [-0.4, -0.2) is 41.2 Å². The van der Waals surface area contributed by atoms with Gasteiger partial charge in [-0.1, -0.05) is 30.3 Å². The monoisotopic (exact) mass is 446 g/mol. The van der Waals surface area contributed by atoms with Crippen molar-refractivity contribution in [2.75, 3.05) is 12.9 Å². The number of benzene rings is 2. The van der Waals surface area contributed by atoms with Crippen LogP contribution < -0.4 is 10.1 Å². The Hall–Kier alpha value is -2.54. The van der Waals surface area contributed by atoms with Gasteiger partial charge in [0.1, 0.15) is 17.6 Å². The molecule has 0 radical (unpaired) electrons. The van der Waals surface area contributed by atoms with Gasteiger partial charge < -0.3 is 15.0 Å². The Balaban J connectivity index is 2.09. The number of ether oxygens (including phenoxy) is 1. The molecule has 31 heavy (non-hydrogen) atoms. The number of rotatable bonds is 9. The summed E-state index contributed by atoms with van der Waals surface area (Å²) in [5.41, 5.74) is 1.02. The topological polar surface area (TPSA) is 58.6 Å². The third-order valence-electron chi connectivity index (χ3n) is 4.62. The Morgan fingerprint density at radius 1 is 1.13 bits per heavy atom. The molecule has 7 heteroatoms. The molecule has 2 aromatic rings. The number of amides is 2. The molecule has 1 N–H and O–H groups in total. The summed E-state index contributed by atoms with van der Waals surface area (Å²) < 4.78 is 19.4. The number of nitrogens with zero attached hydrogens (tertiary/aromatic N) is 1. The second-order valence-electron chi connectivity index (χ2n) is 8.37. The SMILES string of the molecule is COc1ccc(CSCC(=O)N(Cc2ccccc2F)[C@H](C)C(=O)NC(C)(C)C)cc1. The normalized spacial score (nSPS) is 12.2. The summed E-state index contributed by atoms with van der Waals surface area (Å²) in [4.78, 5) is 27.2. The van der Waals surface area contributed by atoms with Crippen molar-refractivity contribution in [1.82, 2.24) is 10.2 Å². The third-order valence-corrected chi connectivity index (χ3v) is 5.61. The van der Waals surface area contributed by atoms with E-state index in [0.717, 1.165) is 11.3 Å². The zero-order chi connectivity index (χ0) is 23.0. The van der Waals surface area contributed by atoms with Gasteiger partial charge in [-0.05, 0) is 51.5 Å². The summed E-state index contributed by atoms with van der Waals surface area (Å²) in [6.07, 6.45) is 0. The van der Waals surface area contributed by atoms with Crippen LogP contribution in [0.1, 0.15) is 38.8 Å². The zero-order valence-electron chi connectivity index (χ0n) is 18.8. The number of halogens is 1. The molecule has 2 rings (SSSR count). The molecular weight excluding hydrogens is 415 g/mol. The molecule has 0 aliphatic heterocycles. The van der Waals surface area contributed by atoms with Gasteiger partial charge in [0.05, 0.1) is 12.9 Å². The first kappa shape index (κ1) is 24.7. The number of carbonyl (C=O) groups is 2. The van der Waals surface area contributed by atoms with Crippen molar-refractivity contribution in [2.24, 2.45) is 0 Å². The molecule has 0 heterocycles. The first-order valence-electron chi connectivity index (χ1n) is 10.2. The molecule has 5 nitrogen and oxygen atoms in total. The lowest BCUT2D eigenvalue weighted by Crippen LogP contribution is -2.52. The lowest BCUT2D eigenvalue weighted by atomic mass is 10.1. The van der Waals surface area contributed by atoms with E-state index in [1.54, 1.807) is 32.2 Å². The van der Waals surface area contributed by atoms with E-state index in [1.165, 1.54) is 22.7 Å². The van der Waals surface area contributed by atoms with Gasteiger partial charge in [0.15, 0.2) is 0 Å². The van der Waals surface area contributed by atoms with Crippen molar-refractivity contribution in [2.45, 2.75) is 51.6 Å². The van der Waals surface area contributed by atoms with Crippen LogP contribution in [-0.2, 0) is 21.9 Å². The van der Waals surface area contributed by atoms with Crippen molar-refractivity contribution in [3.8, 4) is 5.75 Å². The molecule has 0 saturated heterocycles. The minimum atomic E-state index is -0.729. The van der Waals surface area contributed by atoms with Crippen LogP contribution in [0.3, 0.4) is 0 Å². The van der Waals surface area contributed by atoms with Crippen LogP contribution in [0, 0.1) is 5.82 Å². The van der Waals surface area contributed by atoms with Crippen molar-refractivity contribution in [3.05, 3.63) is 65.5 Å². The van der Waals surface area contributed by atoms with Gasteiger partial charge in [-0.25, -0.2) is 4.39 Å². The van der Waals surface area contributed by atoms with Gasteiger partial charge in [-0.2, -0.15) is 0 Å². The Morgan fingerprint density at radius 3 is 2.35 bits per heavy atom. The lowest BCUT2D eigenvalue weighted by molar-refractivity contribution is -0.139. The zero-order valence-corrected chi connectivity index (χ0v) is 19.6. The van der Waals surface area contributed by atoms with E-state index < -0.39 is 17.4 Å². The molecule has 168 valence electrons. The highest BCUT2D eigenvalue weighted by atomic mass is 32.2. The van der Waals surface area contributed by atoms with Crippen molar-refractivity contribution < 1.29 is 18.7 Å². The number of carbonyl (C=O) groups excluding carboxylic acids is 2. The van der Waals surface area contributed by atoms with Crippen LogP contribution in [0.15, 0.2) is 48.5 Å². The van der Waals surface area contributed by atoms with Crippen LogP contribution in [0.5, 0.6) is 5.75 Å². The fourth-order valence-electron chi connectivity index (χ4n) is 2.93. The number of nitrogens with one attached hydrogen (secondary N) is 1. The molecule has 0 saturated carbocycles. The first-order chi connectivity index (χ1) is 14.6. The molecule has 0 spiro atoms. The number of thioether (sulfide) groups is 1. The Bertz CT molecular complexity index is 881. The average Bonchev–Trinajstić information content (AvgIpc) is 2.72. The van der Waals surface area contributed by atoms with Crippen LogP contribution in [0.25, 0.3) is 0 Å². The van der Waals surface area contributed by atoms with Gasteiger partial charge in [0.25, 0.3) is 0 Å². The second-order valence-corrected chi connectivity index (χ2v) is 9.35. The van der Waals surface area contributed by atoms with E-state index in [-0.39, 0.29) is 24.1 Å².